The fourth-order valence-corrected chi connectivity index (χ4v) is 2.73. The van der Waals surface area contributed by atoms with Gasteiger partial charge in [-0.15, -0.1) is 12.3 Å². The SMILES string of the molecule is C#CCCCC1(CCCCCCCCC=CC(O)C(N)CO)N=N1. The standard InChI is InChI=1S/C19H33N3O2/c1-2-3-11-14-19(21-22-19)15-12-9-7-5-4-6-8-10-13-18(24)17(20)16-23/h1,10,13,17-18,23-24H,3-9,11-12,14-16,20H2. The molecule has 0 aromatic rings. The van der Waals surface area contributed by atoms with Gasteiger partial charge in [-0.2, -0.15) is 10.2 Å². The van der Waals surface area contributed by atoms with Crippen molar-refractivity contribution >= 4 is 0 Å². The molecular formula is C19H33N3O2. The van der Waals surface area contributed by atoms with E-state index in [1.54, 1.807) is 6.08 Å². The lowest BCUT2D eigenvalue weighted by Crippen LogP contribution is -2.36. The molecule has 0 aliphatic carbocycles. The van der Waals surface area contributed by atoms with Crippen molar-refractivity contribution in [2.45, 2.75) is 88.4 Å². The third kappa shape index (κ3) is 9.17. The molecule has 0 saturated heterocycles. The van der Waals surface area contributed by atoms with Crippen molar-refractivity contribution in [3.8, 4) is 12.3 Å². The van der Waals surface area contributed by atoms with Gasteiger partial charge in [0.15, 0.2) is 5.66 Å². The lowest BCUT2D eigenvalue weighted by atomic mass is 9.98. The summed E-state index contributed by atoms with van der Waals surface area (Å²) in [6.45, 7) is -0.197. The number of rotatable bonds is 15. The van der Waals surface area contributed by atoms with Crippen LogP contribution in [0.1, 0.15) is 70.6 Å². The Labute approximate surface area is 146 Å². The molecule has 1 heterocycles. The van der Waals surface area contributed by atoms with Crippen LogP contribution in [0.25, 0.3) is 0 Å². The van der Waals surface area contributed by atoms with Crippen LogP contribution in [0.4, 0.5) is 0 Å². The van der Waals surface area contributed by atoms with Crippen LogP contribution >= 0.6 is 0 Å². The van der Waals surface area contributed by atoms with Gasteiger partial charge in [-0.3, -0.25) is 0 Å². The van der Waals surface area contributed by atoms with Crippen molar-refractivity contribution in [1.29, 1.82) is 0 Å². The number of nitrogens with two attached hydrogens (primary N) is 1. The second kappa shape index (κ2) is 12.2. The summed E-state index contributed by atoms with van der Waals surface area (Å²) in [6.07, 6.45) is 20.3. The minimum absolute atomic E-state index is 0.0715. The first-order valence-electron chi connectivity index (χ1n) is 9.22. The minimum Gasteiger partial charge on any atom is -0.395 e. The third-order valence-corrected chi connectivity index (χ3v) is 4.46. The van der Waals surface area contributed by atoms with Crippen molar-refractivity contribution in [2.75, 3.05) is 6.61 Å². The van der Waals surface area contributed by atoms with Gasteiger partial charge in [-0.05, 0) is 38.5 Å². The first-order chi connectivity index (χ1) is 11.6. The molecule has 2 atom stereocenters. The molecule has 0 amide bonds. The summed E-state index contributed by atoms with van der Waals surface area (Å²) < 4.78 is 0. The Balaban J connectivity index is 1.89. The molecule has 24 heavy (non-hydrogen) atoms. The van der Waals surface area contributed by atoms with Gasteiger partial charge in [0, 0.05) is 6.42 Å². The van der Waals surface area contributed by atoms with Crippen LogP contribution in [0, 0.1) is 12.3 Å². The fourth-order valence-electron chi connectivity index (χ4n) is 2.73. The Hall–Kier alpha value is -1.22. The molecule has 0 radical (unpaired) electrons. The number of allylic oxidation sites excluding steroid dienone is 1. The number of terminal acetylenes is 1. The summed E-state index contributed by atoms with van der Waals surface area (Å²) in [5.74, 6) is 2.67. The molecule has 0 fully saturated rings. The Bertz CT molecular complexity index is 423. The first kappa shape index (κ1) is 20.8. The molecule has 0 aromatic carbocycles. The van der Waals surface area contributed by atoms with Gasteiger partial charge in [0.25, 0.3) is 0 Å². The molecule has 0 spiro atoms. The van der Waals surface area contributed by atoms with Crippen molar-refractivity contribution in [2.24, 2.45) is 16.0 Å². The molecule has 0 bridgehead atoms. The number of hydrogen-bond donors (Lipinski definition) is 3. The number of aliphatic hydroxyl groups is 2. The van der Waals surface area contributed by atoms with Crippen molar-refractivity contribution in [1.82, 2.24) is 0 Å². The third-order valence-electron chi connectivity index (χ3n) is 4.46. The maximum atomic E-state index is 9.56. The second-order valence-corrected chi connectivity index (χ2v) is 6.67. The van der Waals surface area contributed by atoms with Crippen LogP contribution in [0.5, 0.6) is 0 Å². The van der Waals surface area contributed by atoms with Crippen LogP contribution in [-0.2, 0) is 0 Å². The van der Waals surface area contributed by atoms with Gasteiger partial charge in [-0.25, -0.2) is 0 Å². The van der Waals surface area contributed by atoms with Crippen molar-refractivity contribution in [3.63, 3.8) is 0 Å². The molecule has 2 unspecified atom stereocenters. The highest BCUT2D eigenvalue weighted by Gasteiger charge is 2.38. The summed E-state index contributed by atoms with van der Waals surface area (Å²) in [7, 11) is 0. The van der Waals surface area contributed by atoms with E-state index in [2.05, 4.69) is 16.1 Å². The van der Waals surface area contributed by atoms with Gasteiger partial charge in [-0.1, -0.05) is 37.8 Å². The molecule has 5 heteroatoms. The highest BCUT2D eigenvalue weighted by molar-refractivity contribution is 4.95. The second-order valence-electron chi connectivity index (χ2n) is 6.67. The molecule has 0 saturated carbocycles. The van der Waals surface area contributed by atoms with Gasteiger partial charge >= 0.3 is 0 Å². The van der Waals surface area contributed by atoms with E-state index < -0.39 is 12.1 Å². The summed E-state index contributed by atoms with van der Waals surface area (Å²) >= 11 is 0. The van der Waals surface area contributed by atoms with Crippen LogP contribution in [0.3, 0.4) is 0 Å². The summed E-state index contributed by atoms with van der Waals surface area (Å²) in [6, 6.07) is -0.582. The van der Waals surface area contributed by atoms with E-state index in [-0.39, 0.29) is 12.3 Å². The maximum Gasteiger partial charge on any atom is 0.191 e. The highest BCUT2D eigenvalue weighted by atomic mass is 16.3. The minimum atomic E-state index is -0.749. The van der Waals surface area contributed by atoms with E-state index >= 15 is 0 Å². The summed E-state index contributed by atoms with van der Waals surface area (Å²) in [4.78, 5) is 0. The topological polar surface area (TPSA) is 91.2 Å². The monoisotopic (exact) mass is 335 g/mol. The predicted molar refractivity (Wildman–Crippen MR) is 97.4 cm³/mol. The van der Waals surface area contributed by atoms with Crippen LogP contribution in [0.15, 0.2) is 22.4 Å². The fraction of sp³-hybridized carbons (Fsp3) is 0.789. The predicted octanol–water partition coefficient (Wildman–Crippen LogP) is 3.31. The van der Waals surface area contributed by atoms with Crippen LogP contribution in [0.2, 0.25) is 0 Å². The van der Waals surface area contributed by atoms with Gasteiger partial charge in [0.05, 0.1) is 18.8 Å². The maximum absolute atomic E-state index is 9.56. The van der Waals surface area contributed by atoms with Gasteiger partial charge < -0.3 is 15.9 Å². The molecule has 4 N–H and O–H groups in total. The molecular weight excluding hydrogens is 302 g/mol. The average molecular weight is 335 g/mol. The zero-order valence-electron chi connectivity index (χ0n) is 14.7. The quantitative estimate of drug-likeness (QED) is 0.243. The van der Waals surface area contributed by atoms with E-state index in [0.29, 0.717) is 0 Å². The zero-order valence-corrected chi connectivity index (χ0v) is 14.7. The zero-order chi connectivity index (χ0) is 17.7. The average Bonchev–Trinajstić information content (AvgIpc) is 3.35. The number of aliphatic hydroxyl groups excluding tert-OH is 2. The van der Waals surface area contributed by atoms with Crippen molar-refractivity contribution < 1.29 is 10.2 Å². The van der Waals surface area contributed by atoms with E-state index in [1.165, 1.54) is 32.1 Å². The molecule has 1 rings (SSSR count). The first-order valence-corrected chi connectivity index (χ1v) is 9.22. The number of nitrogens with zero attached hydrogens (tertiary/aromatic N) is 2. The smallest absolute Gasteiger partial charge is 0.191 e. The number of hydrogen-bond acceptors (Lipinski definition) is 5. The Morgan fingerprint density at radius 3 is 2.29 bits per heavy atom. The Morgan fingerprint density at radius 2 is 1.67 bits per heavy atom. The van der Waals surface area contributed by atoms with Gasteiger partial charge in [0.2, 0.25) is 0 Å². The van der Waals surface area contributed by atoms with Crippen LogP contribution < -0.4 is 5.73 Å². The molecule has 1 aliphatic heterocycles. The molecule has 0 aromatic heterocycles. The summed E-state index contributed by atoms with van der Waals surface area (Å²) in [5.41, 5.74) is 5.45. The summed E-state index contributed by atoms with van der Waals surface area (Å²) in [5, 5.41) is 26.8. The lowest BCUT2D eigenvalue weighted by molar-refractivity contribution is 0.144. The number of unbranched alkanes of at least 4 members (excludes halogenated alkanes) is 7. The van der Waals surface area contributed by atoms with E-state index in [9.17, 15) is 5.11 Å². The van der Waals surface area contributed by atoms with E-state index in [4.69, 9.17) is 17.3 Å². The largest absolute Gasteiger partial charge is 0.395 e. The van der Waals surface area contributed by atoms with Crippen molar-refractivity contribution in [3.05, 3.63) is 12.2 Å². The Kier molecular flexibility index (Phi) is 10.6. The van der Waals surface area contributed by atoms with E-state index in [0.717, 1.165) is 38.5 Å². The Morgan fingerprint density at radius 1 is 1.04 bits per heavy atom. The highest BCUT2D eigenvalue weighted by Crippen LogP contribution is 2.38. The van der Waals surface area contributed by atoms with Crippen LogP contribution in [-0.4, -0.2) is 34.6 Å². The lowest BCUT2D eigenvalue weighted by Gasteiger charge is -2.11. The van der Waals surface area contributed by atoms with Gasteiger partial charge in [0.1, 0.15) is 0 Å². The van der Waals surface area contributed by atoms with E-state index in [1.807, 2.05) is 6.08 Å². The molecule has 5 nitrogen and oxygen atoms in total. The molecule has 136 valence electrons. The normalized spacial score (nSPS) is 17.8. The molecule has 1 aliphatic rings.